The molecule has 1 atom stereocenters. The second-order valence-electron chi connectivity index (χ2n) is 6.33. The summed E-state index contributed by atoms with van der Waals surface area (Å²) in [5.74, 6) is 0.564. The Balaban J connectivity index is 2.10. The molecule has 1 unspecified atom stereocenters. The standard InChI is InChI=1S/C21H25NO2/c1-14(2)13-24-19-8-6-7-18(12-19)21(23)22-17(5)20-11-15(3)9-10-16(20)4/h6-12,17H,1,13H2,2-5H3,(H,22,23). The molecule has 2 aromatic carbocycles. The van der Waals surface area contributed by atoms with E-state index in [0.29, 0.717) is 17.9 Å². The first-order valence-electron chi connectivity index (χ1n) is 8.12. The molecule has 1 amide bonds. The fourth-order valence-corrected chi connectivity index (χ4v) is 2.52. The summed E-state index contributed by atoms with van der Waals surface area (Å²) in [6.07, 6.45) is 0. The number of aryl methyl sites for hydroxylation is 2. The molecule has 0 saturated heterocycles. The van der Waals surface area contributed by atoms with Crippen molar-refractivity contribution in [1.82, 2.24) is 5.32 Å². The monoisotopic (exact) mass is 323 g/mol. The van der Waals surface area contributed by atoms with Crippen LogP contribution in [0, 0.1) is 13.8 Å². The molecule has 0 aliphatic carbocycles. The Kier molecular flexibility index (Phi) is 5.80. The molecule has 0 spiro atoms. The van der Waals surface area contributed by atoms with Gasteiger partial charge in [-0.15, -0.1) is 0 Å². The highest BCUT2D eigenvalue weighted by Crippen LogP contribution is 2.20. The fraction of sp³-hybridized carbons (Fsp3) is 0.286. The minimum atomic E-state index is -0.107. The van der Waals surface area contributed by atoms with Gasteiger partial charge in [0.05, 0.1) is 6.04 Å². The van der Waals surface area contributed by atoms with E-state index in [1.165, 1.54) is 11.1 Å². The molecule has 0 aliphatic heterocycles. The maximum Gasteiger partial charge on any atom is 0.251 e. The van der Waals surface area contributed by atoms with Crippen LogP contribution in [0.3, 0.4) is 0 Å². The molecule has 0 saturated carbocycles. The lowest BCUT2D eigenvalue weighted by Gasteiger charge is -2.17. The minimum absolute atomic E-state index is 0.0580. The first-order chi connectivity index (χ1) is 11.4. The van der Waals surface area contributed by atoms with Gasteiger partial charge < -0.3 is 10.1 Å². The molecule has 126 valence electrons. The zero-order valence-corrected chi connectivity index (χ0v) is 14.8. The van der Waals surface area contributed by atoms with Crippen LogP contribution in [-0.2, 0) is 0 Å². The smallest absolute Gasteiger partial charge is 0.251 e. The summed E-state index contributed by atoms with van der Waals surface area (Å²) in [4.78, 5) is 12.5. The molecule has 0 aliphatic rings. The maximum absolute atomic E-state index is 12.5. The van der Waals surface area contributed by atoms with Gasteiger partial charge in [0, 0.05) is 5.56 Å². The van der Waals surface area contributed by atoms with Crippen LogP contribution in [0.15, 0.2) is 54.6 Å². The predicted octanol–water partition coefficient (Wildman–Crippen LogP) is 4.75. The average molecular weight is 323 g/mol. The third kappa shape index (κ3) is 4.72. The quantitative estimate of drug-likeness (QED) is 0.779. The van der Waals surface area contributed by atoms with E-state index in [2.05, 4.69) is 43.9 Å². The van der Waals surface area contributed by atoms with Gasteiger partial charge in [-0.1, -0.05) is 36.4 Å². The molecule has 1 N–H and O–H groups in total. The van der Waals surface area contributed by atoms with Gasteiger partial charge in [0.15, 0.2) is 0 Å². The van der Waals surface area contributed by atoms with E-state index in [-0.39, 0.29) is 11.9 Å². The number of nitrogens with one attached hydrogen (secondary N) is 1. The summed E-state index contributed by atoms with van der Waals surface area (Å²) in [5.41, 5.74) is 5.02. The molecular weight excluding hydrogens is 298 g/mol. The number of rotatable bonds is 6. The number of hydrogen-bond acceptors (Lipinski definition) is 2. The molecule has 0 fully saturated rings. The molecule has 0 aromatic heterocycles. The van der Waals surface area contributed by atoms with E-state index in [0.717, 1.165) is 11.1 Å². The lowest BCUT2D eigenvalue weighted by molar-refractivity contribution is 0.0939. The van der Waals surface area contributed by atoms with Gasteiger partial charge in [-0.25, -0.2) is 0 Å². The number of benzene rings is 2. The first kappa shape index (κ1) is 17.8. The van der Waals surface area contributed by atoms with E-state index < -0.39 is 0 Å². The largest absolute Gasteiger partial charge is 0.489 e. The molecule has 3 heteroatoms. The van der Waals surface area contributed by atoms with Crippen molar-refractivity contribution in [3.63, 3.8) is 0 Å². The Morgan fingerprint density at radius 3 is 2.67 bits per heavy atom. The minimum Gasteiger partial charge on any atom is -0.489 e. The van der Waals surface area contributed by atoms with Gasteiger partial charge >= 0.3 is 0 Å². The SMILES string of the molecule is C=C(C)COc1cccc(C(=O)NC(C)c2cc(C)ccc2C)c1. The predicted molar refractivity (Wildman–Crippen MR) is 98.5 cm³/mol. The summed E-state index contributed by atoms with van der Waals surface area (Å²) in [6, 6.07) is 13.4. The van der Waals surface area contributed by atoms with Crippen molar-refractivity contribution >= 4 is 5.91 Å². The van der Waals surface area contributed by atoms with Crippen molar-refractivity contribution in [1.29, 1.82) is 0 Å². The molecule has 2 rings (SSSR count). The molecule has 24 heavy (non-hydrogen) atoms. The summed E-state index contributed by atoms with van der Waals surface area (Å²) in [5, 5.41) is 3.06. The second kappa shape index (κ2) is 7.82. The van der Waals surface area contributed by atoms with Gasteiger partial charge in [-0.2, -0.15) is 0 Å². The number of carbonyl (C=O) groups is 1. The second-order valence-corrected chi connectivity index (χ2v) is 6.33. The summed E-state index contributed by atoms with van der Waals surface area (Å²) in [6.45, 7) is 12.3. The Bertz CT molecular complexity index is 749. The van der Waals surface area contributed by atoms with E-state index >= 15 is 0 Å². The normalized spacial score (nSPS) is 11.7. The van der Waals surface area contributed by atoms with Crippen LogP contribution in [0.4, 0.5) is 0 Å². The van der Waals surface area contributed by atoms with Crippen LogP contribution in [0.2, 0.25) is 0 Å². The first-order valence-corrected chi connectivity index (χ1v) is 8.12. The number of hydrogen-bond donors (Lipinski definition) is 1. The van der Waals surface area contributed by atoms with Crippen molar-refractivity contribution in [2.45, 2.75) is 33.7 Å². The van der Waals surface area contributed by atoms with Gasteiger partial charge in [0.2, 0.25) is 0 Å². The highest BCUT2D eigenvalue weighted by molar-refractivity contribution is 5.94. The molecule has 0 radical (unpaired) electrons. The number of carbonyl (C=O) groups excluding carboxylic acids is 1. The van der Waals surface area contributed by atoms with E-state index in [9.17, 15) is 4.79 Å². The average Bonchev–Trinajstić information content (AvgIpc) is 2.55. The third-order valence-corrected chi connectivity index (χ3v) is 3.83. The highest BCUT2D eigenvalue weighted by Gasteiger charge is 2.14. The molecule has 0 bridgehead atoms. The summed E-state index contributed by atoms with van der Waals surface area (Å²) < 4.78 is 5.60. The van der Waals surface area contributed by atoms with Crippen molar-refractivity contribution < 1.29 is 9.53 Å². The molecule has 3 nitrogen and oxygen atoms in total. The Labute approximate surface area is 144 Å². The zero-order chi connectivity index (χ0) is 17.7. The fourth-order valence-electron chi connectivity index (χ4n) is 2.52. The van der Waals surface area contributed by atoms with Crippen LogP contribution in [-0.4, -0.2) is 12.5 Å². The van der Waals surface area contributed by atoms with Gasteiger partial charge in [0.25, 0.3) is 5.91 Å². The number of amides is 1. The Morgan fingerprint density at radius 1 is 1.21 bits per heavy atom. The van der Waals surface area contributed by atoms with Crippen LogP contribution in [0.25, 0.3) is 0 Å². The Hall–Kier alpha value is -2.55. The third-order valence-electron chi connectivity index (χ3n) is 3.83. The molecule has 0 heterocycles. The van der Waals surface area contributed by atoms with Gasteiger partial charge in [0.1, 0.15) is 12.4 Å². The van der Waals surface area contributed by atoms with Crippen molar-refractivity contribution in [3.8, 4) is 5.75 Å². The van der Waals surface area contributed by atoms with Gasteiger partial charge in [-0.05, 0) is 62.6 Å². The van der Waals surface area contributed by atoms with E-state index in [1.54, 1.807) is 12.1 Å². The highest BCUT2D eigenvalue weighted by atomic mass is 16.5. The van der Waals surface area contributed by atoms with Crippen molar-refractivity contribution in [3.05, 3.63) is 76.9 Å². The zero-order valence-electron chi connectivity index (χ0n) is 14.8. The van der Waals surface area contributed by atoms with Crippen LogP contribution in [0.1, 0.15) is 46.9 Å². The summed E-state index contributed by atoms with van der Waals surface area (Å²) in [7, 11) is 0. The lowest BCUT2D eigenvalue weighted by atomic mass is 9.99. The lowest BCUT2D eigenvalue weighted by Crippen LogP contribution is -2.27. The van der Waals surface area contributed by atoms with Crippen LogP contribution < -0.4 is 10.1 Å². The van der Waals surface area contributed by atoms with Crippen molar-refractivity contribution in [2.24, 2.45) is 0 Å². The number of ether oxygens (including phenoxy) is 1. The molecule has 2 aromatic rings. The van der Waals surface area contributed by atoms with Crippen LogP contribution in [0.5, 0.6) is 5.75 Å². The summed E-state index contributed by atoms with van der Waals surface area (Å²) >= 11 is 0. The van der Waals surface area contributed by atoms with Gasteiger partial charge in [-0.3, -0.25) is 4.79 Å². The Morgan fingerprint density at radius 2 is 1.96 bits per heavy atom. The molecular formula is C21H25NO2. The van der Waals surface area contributed by atoms with Crippen molar-refractivity contribution in [2.75, 3.05) is 6.61 Å². The van der Waals surface area contributed by atoms with E-state index in [1.807, 2.05) is 26.0 Å². The van der Waals surface area contributed by atoms with Crippen LogP contribution >= 0.6 is 0 Å². The topological polar surface area (TPSA) is 38.3 Å². The van der Waals surface area contributed by atoms with E-state index in [4.69, 9.17) is 4.74 Å². The maximum atomic E-state index is 12.5.